The minimum Gasteiger partial charge on any atom is -0.481 e. The monoisotopic (exact) mass is 255 g/mol. The highest BCUT2D eigenvalue weighted by atomic mass is 16.4. The molecule has 0 aliphatic heterocycles. The van der Waals surface area contributed by atoms with E-state index in [1.807, 2.05) is 0 Å². The second-order valence-electron chi connectivity index (χ2n) is 5.93. The van der Waals surface area contributed by atoms with Crippen LogP contribution in [0.4, 0.5) is 0 Å². The van der Waals surface area contributed by atoms with Crippen LogP contribution in [-0.4, -0.2) is 23.5 Å². The van der Waals surface area contributed by atoms with Crippen molar-refractivity contribution in [1.29, 1.82) is 0 Å². The van der Waals surface area contributed by atoms with Crippen LogP contribution in [0.1, 0.15) is 58.8 Å². The fourth-order valence-electron chi connectivity index (χ4n) is 2.72. The number of carbonyl (C=O) groups is 2. The highest BCUT2D eigenvalue weighted by Gasteiger charge is 2.36. The Balaban J connectivity index is 2.25. The molecule has 1 fully saturated rings. The van der Waals surface area contributed by atoms with Gasteiger partial charge in [-0.25, -0.2) is 0 Å². The first kappa shape index (κ1) is 15.0. The van der Waals surface area contributed by atoms with E-state index in [2.05, 4.69) is 19.2 Å². The molecule has 1 rings (SSSR count). The molecule has 0 aromatic heterocycles. The maximum atomic E-state index is 12.1. The maximum Gasteiger partial charge on any atom is 0.303 e. The third kappa shape index (κ3) is 4.67. The van der Waals surface area contributed by atoms with Crippen LogP contribution in [0, 0.1) is 11.3 Å². The molecule has 0 saturated heterocycles. The number of hydrogen-bond donors (Lipinski definition) is 2. The summed E-state index contributed by atoms with van der Waals surface area (Å²) < 4.78 is 0. The largest absolute Gasteiger partial charge is 0.481 e. The lowest BCUT2D eigenvalue weighted by atomic mass is 9.68. The van der Waals surface area contributed by atoms with E-state index in [4.69, 9.17) is 5.11 Å². The normalized spacial score (nSPS) is 22.4. The van der Waals surface area contributed by atoms with Gasteiger partial charge >= 0.3 is 5.97 Å². The average Bonchev–Trinajstić information content (AvgIpc) is 2.27. The molecule has 4 nitrogen and oxygen atoms in total. The first-order chi connectivity index (χ1) is 8.43. The quantitative estimate of drug-likeness (QED) is 0.717. The number of hydrogen-bond acceptors (Lipinski definition) is 2. The van der Waals surface area contributed by atoms with Gasteiger partial charge in [0, 0.05) is 18.9 Å². The van der Waals surface area contributed by atoms with Crippen LogP contribution in [0.25, 0.3) is 0 Å². The standard InChI is InChI=1S/C14H25NO3/c1-14(2)9-5-3-7-11(14)13(18)15-10-6-4-8-12(16)17/h11H,3-10H2,1-2H3,(H,15,18)(H,16,17). The molecule has 1 unspecified atom stereocenters. The van der Waals surface area contributed by atoms with Crippen molar-refractivity contribution >= 4 is 11.9 Å². The Morgan fingerprint density at radius 3 is 2.61 bits per heavy atom. The summed E-state index contributed by atoms with van der Waals surface area (Å²) in [7, 11) is 0. The van der Waals surface area contributed by atoms with Crippen LogP contribution in [0.15, 0.2) is 0 Å². The SMILES string of the molecule is CC1(C)CCCCC1C(=O)NCCCCC(=O)O. The fourth-order valence-corrected chi connectivity index (χ4v) is 2.72. The van der Waals surface area contributed by atoms with E-state index in [9.17, 15) is 9.59 Å². The van der Waals surface area contributed by atoms with Crippen molar-refractivity contribution < 1.29 is 14.7 Å². The Morgan fingerprint density at radius 1 is 1.28 bits per heavy atom. The smallest absolute Gasteiger partial charge is 0.303 e. The maximum absolute atomic E-state index is 12.1. The van der Waals surface area contributed by atoms with Crippen molar-refractivity contribution in [2.75, 3.05) is 6.54 Å². The number of aliphatic carboxylic acids is 1. The molecule has 4 heteroatoms. The Kier molecular flexibility index (Phi) is 5.63. The van der Waals surface area contributed by atoms with Crippen molar-refractivity contribution in [1.82, 2.24) is 5.32 Å². The van der Waals surface area contributed by atoms with Gasteiger partial charge in [-0.05, 0) is 31.1 Å². The predicted molar refractivity (Wildman–Crippen MR) is 70.2 cm³/mol. The van der Waals surface area contributed by atoms with E-state index in [1.165, 1.54) is 6.42 Å². The van der Waals surface area contributed by atoms with Crippen LogP contribution < -0.4 is 5.32 Å². The molecule has 0 aromatic rings. The summed E-state index contributed by atoms with van der Waals surface area (Å²) in [4.78, 5) is 22.4. The molecule has 1 saturated carbocycles. The summed E-state index contributed by atoms with van der Waals surface area (Å²) in [6.45, 7) is 4.93. The van der Waals surface area contributed by atoms with Gasteiger partial charge in [-0.15, -0.1) is 0 Å². The third-order valence-electron chi connectivity index (χ3n) is 3.94. The van der Waals surface area contributed by atoms with E-state index >= 15 is 0 Å². The summed E-state index contributed by atoms with van der Waals surface area (Å²) in [5, 5.41) is 11.5. The molecular formula is C14H25NO3. The van der Waals surface area contributed by atoms with Crippen LogP contribution in [0.3, 0.4) is 0 Å². The molecular weight excluding hydrogens is 230 g/mol. The summed E-state index contributed by atoms with van der Waals surface area (Å²) in [6.07, 6.45) is 6.01. The van der Waals surface area contributed by atoms with E-state index in [-0.39, 0.29) is 23.7 Å². The molecule has 0 bridgehead atoms. The van der Waals surface area contributed by atoms with Gasteiger partial charge in [0.1, 0.15) is 0 Å². The number of carboxylic acids is 1. The Bertz CT molecular complexity index is 299. The summed E-state index contributed by atoms with van der Waals surface area (Å²) in [5.41, 5.74) is 0.101. The molecule has 1 aliphatic rings. The first-order valence-corrected chi connectivity index (χ1v) is 6.93. The molecule has 0 radical (unpaired) electrons. The number of carbonyl (C=O) groups excluding carboxylic acids is 1. The molecule has 2 N–H and O–H groups in total. The lowest BCUT2D eigenvalue weighted by Gasteiger charge is -2.37. The lowest BCUT2D eigenvalue weighted by Crippen LogP contribution is -2.41. The molecule has 1 aliphatic carbocycles. The zero-order valence-electron chi connectivity index (χ0n) is 11.5. The lowest BCUT2D eigenvalue weighted by molar-refractivity contribution is -0.137. The van der Waals surface area contributed by atoms with Crippen LogP contribution in [0.5, 0.6) is 0 Å². The van der Waals surface area contributed by atoms with E-state index in [1.54, 1.807) is 0 Å². The van der Waals surface area contributed by atoms with Crippen LogP contribution in [0.2, 0.25) is 0 Å². The number of amides is 1. The number of rotatable bonds is 6. The van der Waals surface area contributed by atoms with Gasteiger partial charge in [-0.3, -0.25) is 9.59 Å². The number of unbranched alkanes of at least 4 members (excludes halogenated alkanes) is 1. The first-order valence-electron chi connectivity index (χ1n) is 6.93. The van der Waals surface area contributed by atoms with Crippen molar-refractivity contribution in [2.24, 2.45) is 11.3 Å². The molecule has 0 aromatic carbocycles. The third-order valence-corrected chi connectivity index (χ3v) is 3.94. The Hall–Kier alpha value is -1.06. The Morgan fingerprint density at radius 2 is 2.00 bits per heavy atom. The summed E-state index contributed by atoms with van der Waals surface area (Å²) in [5.74, 6) is -0.504. The molecule has 1 atom stereocenters. The van der Waals surface area contributed by atoms with E-state index < -0.39 is 5.97 Å². The zero-order valence-corrected chi connectivity index (χ0v) is 11.5. The number of nitrogens with one attached hydrogen (secondary N) is 1. The molecule has 0 heterocycles. The molecule has 18 heavy (non-hydrogen) atoms. The van der Waals surface area contributed by atoms with Crippen LogP contribution in [-0.2, 0) is 9.59 Å². The van der Waals surface area contributed by atoms with Crippen molar-refractivity contribution in [2.45, 2.75) is 58.8 Å². The van der Waals surface area contributed by atoms with Gasteiger partial charge < -0.3 is 10.4 Å². The van der Waals surface area contributed by atoms with Gasteiger partial charge in [-0.1, -0.05) is 26.7 Å². The molecule has 0 spiro atoms. The minimum absolute atomic E-state index is 0.101. The van der Waals surface area contributed by atoms with Crippen molar-refractivity contribution in [3.8, 4) is 0 Å². The van der Waals surface area contributed by atoms with Crippen molar-refractivity contribution in [3.05, 3.63) is 0 Å². The van der Waals surface area contributed by atoms with Crippen molar-refractivity contribution in [3.63, 3.8) is 0 Å². The highest BCUT2D eigenvalue weighted by Crippen LogP contribution is 2.40. The summed E-state index contributed by atoms with van der Waals surface area (Å²) in [6, 6.07) is 0. The minimum atomic E-state index is -0.769. The van der Waals surface area contributed by atoms with Gasteiger partial charge in [0.15, 0.2) is 0 Å². The molecule has 104 valence electrons. The summed E-state index contributed by atoms with van der Waals surface area (Å²) >= 11 is 0. The highest BCUT2D eigenvalue weighted by molar-refractivity contribution is 5.79. The average molecular weight is 255 g/mol. The second-order valence-corrected chi connectivity index (χ2v) is 5.93. The van der Waals surface area contributed by atoms with Gasteiger partial charge in [0.25, 0.3) is 0 Å². The number of carboxylic acid groups (broad SMARTS) is 1. The van der Waals surface area contributed by atoms with E-state index in [0.717, 1.165) is 25.7 Å². The zero-order chi connectivity index (χ0) is 13.6. The van der Waals surface area contributed by atoms with Gasteiger partial charge in [0.05, 0.1) is 0 Å². The fraction of sp³-hybridized carbons (Fsp3) is 0.857. The van der Waals surface area contributed by atoms with Crippen LogP contribution >= 0.6 is 0 Å². The Labute approximate surface area is 109 Å². The second kappa shape index (κ2) is 6.76. The topological polar surface area (TPSA) is 66.4 Å². The van der Waals surface area contributed by atoms with Gasteiger partial charge in [0.2, 0.25) is 5.91 Å². The van der Waals surface area contributed by atoms with Gasteiger partial charge in [-0.2, -0.15) is 0 Å². The molecule has 1 amide bonds. The predicted octanol–water partition coefficient (Wildman–Crippen LogP) is 2.57. The van der Waals surface area contributed by atoms with E-state index in [0.29, 0.717) is 13.0 Å².